The first kappa shape index (κ1) is 43.4. The van der Waals surface area contributed by atoms with E-state index in [-0.39, 0.29) is 11.8 Å². The minimum Gasteiger partial charge on any atom is -0.306 e. The van der Waals surface area contributed by atoms with Gasteiger partial charge >= 0.3 is 0 Å². The van der Waals surface area contributed by atoms with Crippen LogP contribution in [0.15, 0.2) is 155 Å². The molecule has 8 aromatic rings. The van der Waals surface area contributed by atoms with Gasteiger partial charge in [-0.05, 0) is 84.3 Å². The Bertz CT molecular complexity index is 2800. The summed E-state index contributed by atoms with van der Waals surface area (Å²) in [6.45, 7) is 10.8. The molecule has 0 unspecified atom stereocenters. The first-order valence-electron chi connectivity index (χ1n) is 21.8. The smallest absolute Gasteiger partial charge is 0.261 e. The molecule has 2 aromatic carbocycles. The van der Waals surface area contributed by atoms with E-state index in [0.29, 0.717) is 24.2 Å². The standard InChI is InChI=1S/C52H48N2O2S6Si2/c1-63(2,35-15-7-5-8-16-35)33-13-29-53-49(45-27-25-43(61-45)41-23-21-39(59-41)37-19-11-31-57-37)47-48(51(53)55)50(54(52(47)56)30-14-34-64(3,4)36-17-9-6-10-18-36)46-28-26-44(62-46)42-24-22-40(60-42)38-20-12-32-58-38/h5-12,15-28,31-32H,13-14,29-30,33-34H2,1-4H3. The molecule has 0 spiro atoms. The molecule has 0 fully saturated rings. The maximum absolute atomic E-state index is 15.4. The number of carbonyl (C=O) groups excluding carboxylic acids is 2. The maximum Gasteiger partial charge on any atom is 0.261 e. The van der Waals surface area contributed by atoms with Gasteiger partial charge in [-0.2, -0.15) is 0 Å². The van der Waals surface area contributed by atoms with Crippen LogP contribution in [0.2, 0.25) is 38.3 Å². The molecule has 4 nitrogen and oxygen atoms in total. The lowest BCUT2D eigenvalue weighted by atomic mass is 10.1. The van der Waals surface area contributed by atoms with Gasteiger partial charge in [-0.3, -0.25) is 9.59 Å². The van der Waals surface area contributed by atoms with Gasteiger partial charge in [0.15, 0.2) is 0 Å². The normalized spacial score (nSPS) is 14.5. The minimum atomic E-state index is -1.78. The molecule has 0 saturated heterocycles. The number of carbonyl (C=O) groups is 2. The molecule has 6 aromatic heterocycles. The number of fused-ring (bicyclic) bond motifs is 1. The molecule has 0 bridgehead atoms. The summed E-state index contributed by atoms with van der Waals surface area (Å²) in [7, 11) is -3.57. The zero-order valence-corrected chi connectivity index (χ0v) is 43.2. The topological polar surface area (TPSA) is 40.6 Å². The van der Waals surface area contributed by atoms with E-state index >= 15 is 9.59 Å². The van der Waals surface area contributed by atoms with Gasteiger partial charge in [0.05, 0.1) is 48.4 Å². The Kier molecular flexibility index (Phi) is 12.2. The fraction of sp³-hybridized carbons (Fsp3) is 0.192. The summed E-state index contributed by atoms with van der Waals surface area (Å²) in [5.74, 6) is -0.0998. The second kappa shape index (κ2) is 18.1. The van der Waals surface area contributed by atoms with Crippen LogP contribution in [0.3, 0.4) is 0 Å². The fourth-order valence-electron chi connectivity index (χ4n) is 9.00. The molecular weight excluding hydrogens is 933 g/mol. The van der Waals surface area contributed by atoms with Crippen LogP contribution in [0.5, 0.6) is 0 Å². The van der Waals surface area contributed by atoms with Gasteiger partial charge in [-0.25, -0.2) is 0 Å². The van der Waals surface area contributed by atoms with E-state index in [9.17, 15) is 0 Å². The number of thiophene rings is 6. The molecule has 0 aliphatic carbocycles. The second-order valence-electron chi connectivity index (χ2n) is 17.7. The van der Waals surface area contributed by atoms with Crippen LogP contribution in [-0.4, -0.2) is 50.9 Å². The van der Waals surface area contributed by atoms with Gasteiger partial charge in [-0.1, -0.05) is 121 Å². The summed E-state index contributed by atoms with van der Waals surface area (Å²) in [4.78, 5) is 46.4. The van der Waals surface area contributed by atoms with E-state index in [1.165, 1.54) is 39.6 Å². The quantitative estimate of drug-likeness (QED) is 0.0905. The molecule has 10 rings (SSSR count). The summed E-state index contributed by atoms with van der Waals surface area (Å²) in [6, 6.07) is 49.8. The van der Waals surface area contributed by atoms with Crippen LogP contribution in [0.25, 0.3) is 50.4 Å². The molecule has 8 heterocycles. The van der Waals surface area contributed by atoms with Gasteiger partial charge < -0.3 is 9.80 Å². The SMILES string of the molecule is C[Si](C)(CCCN1C(=O)C2=C(c3ccc(-c4ccc(-c5cccs5)s4)s3)N(CCC[Si](C)(C)c3ccccc3)C(=O)C2=C1c1ccc(-c2ccc(-c3cccs3)s2)s1)c1ccccc1. The maximum atomic E-state index is 15.4. The zero-order valence-electron chi connectivity index (χ0n) is 36.3. The number of hydrogen-bond acceptors (Lipinski definition) is 8. The Morgan fingerprint density at radius 2 is 0.719 bits per heavy atom. The van der Waals surface area contributed by atoms with Gasteiger partial charge in [-0.15, -0.1) is 68.0 Å². The van der Waals surface area contributed by atoms with Crippen molar-refractivity contribution in [3.8, 4) is 39.0 Å². The van der Waals surface area contributed by atoms with Crippen molar-refractivity contribution in [1.29, 1.82) is 0 Å². The highest BCUT2D eigenvalue weighted by atomic mass is 32.1. The minimum absolute atomic E-state index is 0.0499. The summed E-state index contributed by atoms with van der Waals surface area (Å²) in [5.41, 5.74) is 2.71. The van der Waals surface area contributed by atoms with Crippen molar-refractivity contribution in [2.24, 2.45) is 0 Å². The summed E-state index contributed by atoms with van der Waals surface area (Å²) < 4.78 is 0. The van der Waals surface area contributed by atoms with Crippen LogP contribution < -0.4 is 10.4 Å². The molecule has 0 N–H and O–H groups in total. The summed E-state index contributed by atoms with van der Waals surface area (Å²) in [5, 5.41) is 7.09. The van der Waals surface area contributed by atoms with E-state index in [1.54, 1.807) is 68.0 Å². The van der Waals surface area contributed by atoms with E-state index in [1.807, 2.05) is 9.80 Å². The molecule has 322 valence electrons. The Morgan fingerprint density at radius 1 is 0.391 bits per heavy atom. The summed E-state index contributed by atoms with van der Waals surface area (Å²) >= 11 is 10.5. The molecule has 0 atom stereocenters. The largest absolute Gasteiger partial charge is 0.306 e. The van der Waals surface area contributed by atoms with E-state index in [2.05, 4.69) is 170 Å². The second-order valence-corrected chi connectivity index (χ2v) is 33.6. The van der Waals surface area contributed by atoms with E-state index in [4.69, 9.17) is 0 Å². The molecule has 12 heteroatoms. The Labute approximate surface area is 402 Å². The lowest BCUT2D eigenvalue weighted by Crippen LogP contribution is -2.42. The highest BCUT2D eigenvalue weighted by molar-refractivity contribution is 7.27. The highest BCUT2D eigenvalue weighted by Crippen LogP contribution is 2.51. The van der Waals surface area contributed by atoms with Gasteiger partial charge in [0.25, 0.3) is 11.8 Å². The van der Waals surface area contributed by atoms with Crippen LogP contribution in [0.4, 0.5) is 0 Å². The van der Waals surface area contributed by atoms with Gasteiger partial charge in [0.2, 0.25) is 0 Å². The third-order valence-electron chi connectivity index (χ3n) is 12.6. The van der Waals surface area contributed by atoms with Gasteiger partial charge in [0, 0.05) is 52.1 Å². The number of benzene rings is 2. The van der Waals surface area contributed by atoms with Crippen LogP contribution >= 0.6 is 68.0 Å². The first-order chi connectivity index (χ1) is 31.1. The van der Waals surface area contributed by atoms with Crippen molar-refractivity contribution < 1.29 is 9.59 Å². The number of nitrogens with zero attached hydrogens (tertiary/aromatic N) is 2. The van der Waals surface area contributed by atoms with Crippen LogP contribution in [0.1, 0.15) is 22.6 Å². The van der Waals surface area contributed by atoms with E-state index < -0.39 is 16.1 Å². The fourth-order valence-corrected chi connectivity index (χ4v) is 19.8. The van der Waals surface area contributed by atoms with Gasteiger partial charge in [0.1, 0.15) is 0 Å². The highest BCUT2D eigenvalue weighted by Gasteiger charge is 2.49. The third kappa shape index (κ3) is 8.43. The lowest BCUT2D eigenvalue weighted by molar-refractivity contribution is -0.124. The molecular formula is C52H48N2O2S6Si2. The average molecular weight is 982 g/mol. The molecule has 64 heavy (non-hydrogen) atoms. The average Bonchev–Trinajstić information content (AvgIpc) is 4.15. The van der Waals surface area contributed by atoms with Crippen molar-refractivity contribution >= 4 is 118 Å². The molecule has 2 aliphatic rings. The van der Waals surface area contributed by atoms with Crippen molar-refractivity contribution in [2.75, 3.05) is 13.1 Å². The first-order valence-corrected chi connectivity index (χ1v) is 33.2. The molecule has 2 aliphatic heterocycles. The van der Waals surface area contributed by atoms with Crippen LogP contribution in [-0.2, 0) is 9.59 Å². The third-order valence-corrected chi connectivity index (χ3v) is 26.4. The number of rotatable bonds is 16. The molecule has 2 amide bonds. The van der Waals surface area contributed by atoms with Crippen LogP contribution in [0, 0.1) is 0 Å². The Hall–Kier alpha value is -4.51. The predicted octanol–water partition coefficient (Wildman–Crippen LogP) is 14.5. The molecule has 0 radical (unpaired) electrons. The summed E-state index contributed by atoms with van der Waals surface area (Å²) in [6.07, 6.45) is 1.72. The van der Waals surface area contributed by atoms with Crippen molar-refractivity contribution in [1.82, 2.24) is 9.80 Å². The molecule has 0 saturated carbocycles. The predicted molar refractivity (Wildman–Crippen MR) is 285 cm³/mol. The van der Waals surface area contributed by atoms with Crippen molar-refractivity contribution in [3.05, 3.63) is 165 Å². The number of amides is 2. The monoisotopic (exact) mass is 980 g/mol. The Balaban J connectivity index is 1.05. The van der Waals surface area contributed by atoms with Crippen molar-refractivity contribution in [2.45, 2.75) is 51.1 Å². The van der Waals surface area contributed by atoms with Crippen molar-refractivity contribution in [3.63, 3.8) is 0 Å². The van der Waals surface area contributed by atoms with E-state index in [0.717, 1.165) is 55.8 Å². The Morgan fingerprint density at radius 3 is 1.06 bits per heavy atom. The zero-order chi connectivity index (χ0) is 44.0. The lowest BCUT2D eigenvalue weighted by Gasteiger charge is -2.28. The number of hydrogen-bond donors (Lipinski definition) is 0.